The van der Waals surface area contributed by atoms with Crippen molar-refractivity contribution in [3.05, 3.63) is 18.0 Å². The summed E-state index contributed by atoms with van der Waals surface area (Å²) in [7, 11) is 0. The molecule has 3 N–H and O–H groups in total. The third-order valence-corrected chi connectivity index (χ3v) is 2.54. The fourth-order valence-electron chi connectivity index (χ4n) is 1.52. The van der Waals surface area contributed by atoms with E-state index < -0.39 is 0 Å². The minimum absolute atomic E-state index is 0.218. The minimum atomic E-state index is 0.218. The Morgan fingerprint density at radius 1 is 1.65 bits per heavy atom. The SMILES string of the molecule is CCN(CC(N)=NO)Cc1ccn(C(C)C)n1. The zero-order chi connectivity index (χ0) is 12.8. The second kappa shape index (κ2) is 6.24. The fourth-order valence-corrected chi connectivity index (χ4v) is 1.52. The zero-order valence-electron chi connectivity index (χ0n) is 10.7. The summed E-state index contributed by atoms with van der Waals surface area (Å²) in [6.45, 7) is 8.18. The van der Waals surface area contributed by atoms with Crippen LogP contribution in [0.15, 0.2) is 17.4 Å². The van der Waals surface area contributed by atoms with Gasteiger partial charge in [-0.05, 0) is 26.5 Å². The van der Waals surface area contributed by atoms with E-state index in [9.17, 15) is 0 Å². The average molecular weight is 239 g/mol. The molecule has 0 fully saturated rings. The molecule has 0 bridgehead atoms. The van der Waals surface area contributed by atoms with Crippen LogP contribution in [0.5, 0.6) is 0 Å². The van der Waals surface area contributed by atoms with Crippen LogP contribution in [0, 0.1) is 0 Å². The van der Waals surface area contributed by atoms with Crippen LogP contribution < -0.4 is 5.73 Å². The highest BCUT2D eigenvalue weighted by atomic mass is 16.4. The summed E-state index contributed by atoms with van der Waals surface area (Å²) in [4.78, 5) is 2.06. The Balaban J connectivity index is 2.61. The number of amidine groups is 1. The summed E-state index contributed by atoms with van der Waals surface area (Å²) >= 11 is 0. The van der Waals surface area contributed by atoms with Crippen molar-refractivity contribution in [1.29, 1.82) is 0 Å². The first-order chi connectivity index (χ1) is 8.06. The third kappa shape index (κ3) is 4.07. The Labute approximate surface area is 102 Å². The lowest BCUT2D eigenvalue weighted by Crippen LogP contribution is -2.33. The fraction of sp³-hybridized carbons (Fsp3) is 0.636. The van der Waals surface area contributed by atoms with Gasteiger partial charge in [0, 0.05) is 18.8 Å². The van der Waals surface area contributed by atoms with Gasteiger partial charge in [0.05, 0.1) is 12.2 Å². The van der Waals surface area contributed by atoms with Gasteiger partial charge in [-0.1, -0.05) is 12.1 Å². The molecule has 6 nitrogen and oxygen atoms in total. The molecule has 0 aliphatic carbocycles. The third-order valence-electron chi connectivity index (χ3n) is 2.54. The van der Waals surface area contributed by atoms with E-state index in [1.54, 1.807) is 0 Å². The van der Waals surface area contributed by atoms with E-state index in [1.165, 1.54) is 0 Å². The number of hydrogen-bond donors (Lipinski definition) is 2. The predicted octanol–water partition coefficient (Wildman–Crippen LogP) is 1.03. The zero-order valence-corrected chi connectivity index (χ0v) is 10.7. The first kappa shape index (κ1) is 13.5. The number of aromatic nitrogens is 2. The van der Waals surface area contributed by atoms with Crippen LogP contribution in [0.4, 0.5) is 0 Å². The largest absolute Gasteiger partial charge is 0.409 e. The predicted molar refractivity (Wildman–Crippen MR) is 67.0 cm³/mol. The van der Waals surface area contributed by atoms with Crippen molar-refractivity contribution in [3.63, 3.8) is 0 Å². The van der Waals surface area contributed by atoms with Crippen molar-refractivity contribution in [3.8, 4) is 0 Å². The lowest BCUT2D eigenvalue weighted by molar-refractivity contribution is 0.292. The second-order valence-corrected chi connectivity index (χ2v) is 4.28. The highest BCUT2D eigenvalue weighted by Gasteiger charge is 2.09. The molecule has 0 saturated carbocycles. The normalized spacial score (nSPS) is 12.6. The van der Waals surface area contributed by atoms with E-state index in [1.807, 2.05) is 23.9 Å². The molecule has 17 heavy (non-hydrogen) atoms. The smallest absolute Gasteiger partial charge is 0.153 e. The van der Waals surface area contributed by atoms with Gasteiger partial charge in [0.1, 0.15) is 0 Å². The molecule has 0 saturated heterocycles. The van der Waals surface area contributed by atoms with Crippen LogP contribution in [0.25, 0.3) is 0 Å². The lowest BCUT2D eigenvalue weighted by Gasteiger charge is -2.17. The van der Waals surface area contributed by atoms with Crippen LogP contribution >= 0.6 is 0 Å². The van der Waals surface area contributed by atoms with Crippen LogP contribution in [0.2, 0.25) is 0 Å². The maximum atomic E-state index is 8.54. The summed E-state index contributed by atoms with van der Waals surface area (Å²) in [5.41, 5.74) is 6.48. The Morgan fingerprint density at radius 2 is 2.35 bits per heavy atom. The Morgan fingerprint density at radius 3 is 2.82 bits per heavy atom. The highest BCUT2D eigenvalue weighted by Crippen LogP contribution is 2.06. The lowest BCUT2D eigenvalue weighted by atomic mass is 10.3. The molecule has 0 atom stereocenters. The van der Waals surface area contributed by atoms with Gasteiger partial charge in [-0.15, -0.1) is 0 Å². The van der Waals surface area contributed by atoms with E-state index in [2.05, 4.69) is 29.0 Å². The van der Waals surface area contributed by atoms with E-state index >= 15 is 0 Å². The molecule has 96 valence electrons. The maximum Gasteiger partial charge on any atom is 0.153 e. The van der Waals surface area contributed by atoms with Gasteiger partial charge >= 0.3 is 0 Å². The molecule has 1 aromatic heterocycles. The molecule has 0 spiro atoms. The van der Waals surface area contributed by atoms with Crippen LogP contribution in [-0.4, -0.2) is 38.8 Å². The van der Waals surface area contributed by atoms with Crippen molar-refractivity contribution in [2.45, 2.75) is 33.4 Å². The van der Waals surface area contributed by atoms with Crippen LogP contribution in [0.3, 0.4) is 0 Å². The molecule has 0 aliphatic rings. The monoisotopic (exact) mass is 239 g/mol. The molecule has 1 heterocycles. The first-order valence-electron chi connectivity index (χ1n) is 5.79. The van der Waals surface area contributed by atoms with Gasteiger partial charge in [-0.3, -0.25) is 9.58 Å². The standard InChI is InChI=1S/C11H21N5O/c1-4-15(8-11(12)14-17)7-10-5-6-16(13-10)9(2)3/h5-6,9,17H,4,7-8H2,1-3H3,(H2,12,14). The van der Waals surface area contributed by atoms with Crippen LogP contribution in [-0.2, 0) is 6.54 Å². The first-order valence-corrected chi connectivity index (χ1v) is 5.79. The van der Waals surface area contributed by atoms with Gasteiger partial charge in [0.2, 0.25) is 0 Å². The quantitative estimate of drug-likeness (QED) is 0.336. The second-order valence-electron chi connectivity index (χ2n) is 4.28. The van der Waals surface area contributed by atoms with E-state index in [4.69, 9.17) is 10.9 Å². The van der Waals surface area contributed by atoms with Crippen molar-refractivity contribution >= 4 is 5.84 Å². The molecule has 0 unspecified atom stereocenters. The number of nitrogens with two attached hydrogens (primary N) is 1. The summed E-state index contributed by atoms with van der Waals surface area (Å²) < 4.78 is 1.92. The molecule has 6 heteroatoms. The summed E-state index contributed by atoms with van der Waals surface area (Å²) in [5, 5.41) is 16.0. The van der Waals surface area contributed by atoms with Crippen molar-refractivity contribution < 1.29 is 5.21 Å². The molecular weight excluding hydrogens is 218 g/mol. The molecular formula is C11H21N5O. The summed E-state index contributed by atoms with van der Waals surface area (Å²) in [5.74, 6) is 0.218. The van der Waals surface area contributed by atoms with Crippen molar-refractivity contribution in [2.75, 3.05) is 13.1 Å². The number of hydrogen-bond acceptors (Lipinski definition) is 4. The molecule has 0 amide bonds. The van der Waals surface area contributed by atoms with Crippen molar-refractivity contribution in [1.82, 2.24) is 14.7 Å². The maximum absolute atomic E-state index is 8.54. The molecule has 0 aliphatic heterocycles. The van der Waals surface area contributed by atoms with E-state index in [0.29, 0.717) is 19.1 Å². The molecule has 0 aromatic carbocycles. The van der Waals surface area contributed by atoms with E-state index in [-0.39, 0.29) is 5.84 Å². The highest BCUT2D eigenvalue weighted by molar-refractivity contribution is 5.81. The molecule has 1 aromatic rings. The topological polar surface area (TPSA) is 79.7 Å². The Hall–Kier alpha value is -1.56. The Bertz CT molecular complexity index is 372. The summed E-state index contributed by atoms with van der Waals surface area (Å²) in [6.07, 6.45) is 1.97. The van der Waals surface area contributed by atoms with Gasteiger partial charge in [-0.2, -0.15) is 5.10 Å². The van der Waals surface area contributed by atoms with Gasteiger partial charge in [0.25, 0.3) is 0 Å². The number of likely N-dealkylation sites (N-methyl/N-ethyl adjacent to an activating group) is 1. The number of nitrogens with zero attached hydrogens (tertiary/aromatic N) is 4. The Kier molecular flexibility index (Phi) is 4.96. The van der Waals surface area contributed by atoms with E-state index in [0.717, 1.165) is 12.2 Å². The summed E-state index contributed by atoms with van der Waals surface area (Å²) in [6, 6.07) is 2.36. The number of rotatable bonds is 6. The van der Waals surface area contributed by atoms with Gasteiger partial charge < -0.3 is 10.9 Å². The minimum Gasteiger partial charge on any atom is -0.409 e. The van der Waals surface area contributed by atoms with Gasteiger partial charge in [-0.25, -0.2) is 0 Å². The number of oxime groups is 1. The molecule has 0 radical (unpaired) electrons. The molecule has 1 rings (SSSR count). The van der Waals surface area contributed by atoms with Gasteiger partial charge in [0.15, 0.2) is 5.84 Å². The van der Waals surface area contributed by atoms with Crippen LogP contribution in [0.1, 0.15) is 32.5 Å². The van der Waals surface area contributed by atoms with Crippen molar-refractivity contribution in [2.24, 2.45) is 10.9 Å². The average Bonchev–Trinajstić information content (AvgIpc) is 2.76.